The standard InChI is InChI=1S/C27H39N5O/c1-5-28-27(30-19-25(31(3)4)24-13-11-21(2)12-14-24)29-18-23-17-26(33)32(20-23)16-15-22-9-7-6-8-10-22/h6-14,23,25H,5,15-20H2,1-4H3,(H2,28,29,30). The van der Waals surface area contributed by atoms with Crippen molar-refractivity contribution in [3.8, 4) is 0 Å². The number of nitrogens with one attached hydrogen (secondary N) is 2. The van der Waals surface area contributed by atoms with Gasteiger partial charge in [0.2, 0.25) is 5.91 Å². The number of likely N-dealkylation sites (N-methyl/N-ethyl adjacent to an activating group) is 1. The van der Waals surface area contributed by atoms with Gasteiger partial charge in [0.1, 0.15) is 0 Å². The molecular weight excluding hydrogens is 410 g/mol. The van der Waals surface area contributed by atoms with E-state index in [2.05, 4.69) is 92.0 Å². The summed E-state index contributed by atoms with van der Waals surface area (Å²) in [7, 11) is 4.18. The second-order valence-electron chi connectivity index (χ2n) is 9.14. The Hall–Kier alpha value is -2.86. The molecule has 3 rings (SSSR count). The first-order valence-corrected chi connectivity index (χ1v) is 12.0. The van der Waals surface area contributed by atoms with E-state index in [1.54, 1.807) is 0 Å². The molecule has 178 valence electrons. The molecule has 2 unspecified atom stereocenters. The lowest BCUT2D eigenvalue weighted by Gasteiger charge is -2.24. The highest BCUT2D eigenvalue weighted by Gasteiger charge is 2.29. The summed E-state index contributed by atoms with van der Waals surface area (Å²) in [6.07, 6.45) is 1.51. The number of carbonyl (C=O) groups is 1. The molecule has 0 aliphatic carbocycles. The Morgan fingerprint density at radius 1 is 1.12 bits per heavy atom. The molecule has 6 heteroatoms. The third kappa shape index (κ3) is 7.60. The molecule has 0 spiro atoms. The van der Waals surface area contributed by atoms with Crippen LogP contribution in [0.5, 0.6) is 0 Å². The molecule has 1 aliphatic rings. The molecule has 1 amide bonds. The zero-order valence-electron chi connectivity index (χ0n) is 20.6. The van der Waals surface area contributed by atoms with Crippen molar-refractivity contribution in [3.63, 3.8) is 0 Å². The van der Waals surface area contributed by atoms with Gasteiger partial charge in [0.25, 0.3) is 0 Å². The average Bonchev–Trinajstić information content (AvgIpc) is 3.17. The molecule has 6 nitrogen and oxygen atoms in total. The highest BCUT2D eigenvalue weighted by atomic mass is 16.2. The van der Waals surface area contributed by atoms with E-state index in [-0.39, 0.29) is 11.9 Å². The Morgan fingerprint density at radius 3 is 2.52 bits per heavy atom. The highest BCUT2D eigenvalue weighted by molar-refractivity contribution is 5.81. The fourth-order valence-corrected chi connectivity index (χ4v) is 4.23. The van der Waals surface area contributed by atoms with Crippen LogP contribution in [0.15, 0.2) is 59.6 Å². The minimum atomic E-state index is 0.211. The minimum absolute atomic E-state index is 0.211. The number of carbonyl (C=O) groups excluding carboxylic acids is 1. The number of guanidine groups is 1. The van der Waals surface area contributed by atoms with Gasteiger partial charge in [0, 0.05) is 38.5 Å². The maximum absolute atomic E-state index is 12.5. The normalized spacial score (nSPS) is 17.5. The SMILES string of the molecule is CCNC(=NCC(c1ccc(C)cc1)N(C)C)NCC1CC(=O)N(CCc2ccccc2)C1. The Labute approximate surface area is 199 Å². The molecule has 0 radical (unpaired) electrons. The van der Waals surface area contributed by atoms with Crippen molar-refractivity contribution in [2.45, 2.75) is 32.7 Å². The molecule has 33 heavy (non-hydrogen) atoms. The van der Waals surface area contributed by atoms with E-state index in [4.69, 9.17) is 4.99 Å². The summed E-state index contributed by atoms with van der Waals surface area (Å²) in [5, 5.41) is 6.83. The van der Waals surface area contributed by atoms with Crippen molar-refractivity contribution < 1.29 is 4.79 Å². The Morgan fingerprint density at radius 2 is 1.85 bits per heavy atom. The zero-order chi connectivity index (χ0) is 23.6. The molecule has 2 aromatic rings. The average molecular weight is 450 g/mol. The van der Waals surface area contributed by atoms with Gasteiger partial charge in [-0.05, 0) is 45.5 Å². The summed E-state index contributed by atoms with van der Waals surface area (Å²) in [5.74, 6) is 1.37. The van der Waals surface area contributed by atoms with E-state index >= 15 is 0 Å². The number of rotatable bonds is 10. The van der Waals surface area contributed by atoms with Gasteiger partial charge < -0.3 is 20.4 Å². The summed E-state index contributed by atoms with van der Waals surface area (Å²) in [6.45, 7) is 7.99. The number of aliphatic imine (C=N–C) groups is 1. The lowest BCUT2D eigenvalue weighted by molar-refractivity contribution is -0.127. The topological polar surface area (TPSA) is 60.0 Å². The van der Waals surface area contributed by atoms with Crippen molar-refractivity contribution in [3.05, 3.63) is 71.3 Å². The van der Waals surface area contributed by atoms with Crippen molar-refractivity contribution >= 4 is 11.9 Å². The molecule has 1 aliphatic heterocycles. The van der Waals surface area contributed by atoms with Crippen LogP contribution in [0.25, 0.3) is 0 Å². The predicted molar refractivity (Wildman–Crippen MR) is 136 cm³/mol. The summed E-state index contributed by atoms with van der Waals surface area (Å²) >= 11 is 0. The number of benzene rings is 2. The van der Waals surface area contributed by atoms with Gasteiger partial charge in [-0.2, -0.15) is 0 Å². The molecule has 0 aromatic heterocycles. The lowest BCUT2D eigenvalue weighted by atomic mass is 10.0. The fraction of sp³-hybridized carbons (Fsp3) is 0.481. The van der Waals surface area contributed by atoms with E-state index in [1.807, 2.05) is 11.0 Å². The van der Waals surface area contributed by atoms with Gasteiger partial charge in [0.05, 0.1) is 12.6 Å². The highest BCUT2D eigenvalue weighted by Crippen LogP contribution is 2.20. The zero-order valence-corrected chi connectivity index (χ0v) is 20.6. The Kier molecular flexibility index (Phi) is 9.31. The summed E-state index contributed by atoms with van der Waals surface area (Å²) < 4.78 is 0. The third-order valence-electron chi connectivity index (χ3n) is 6.22. The lowest BCUT2D eigenvalue weighted by Crippen LogP contribution is -2.41. The first-order valence-electron chi connectivity index (χ1n) is 12.0. The number of hydrogen-bond acceptors (Lipinski definition) is 3. The van der Waals surface area contributed by atoms with Crippen LogP contribution in [-0.4, -0.2) is 68.5 Å². The second kappa shape index (κ2) is 12.4. The van der Waals surface area contributed by atoms with Crippen LogP contribution in [-0.2, 0) is 11.2 Å². The second-order valence-corrected chi connectivity index (χ2v) is 9.14. The van der Waals surface area contributed by atoms with E-state index in [0.29, 0.717) is 18.9 Å². The van der Waals surface area contributed by atoms with Crippen LogP contribution in [0, 0.1) is 12.8 Å². The maximum atomic E-state index is 12.5. The molecular formula is C27H39N5O. The van der Waals surface area contributed by atoms with E-state index in [1.165, 1.54) is 16.7 Å². The van der Waals surface area contributed by atoms with Crippen molar-refractivity contribution in [2.75, 3.05) is 46.8 Å². The van der Waals surface area contributed by atoms with Crippen molar-refractivity contribution in [1.29, 1.82) is 0 Å². The smallest absolute Gasteiger partial charge is 0.223 e. The van der Waals surface area contributed by atoms with Gasteiger partial charge in [0.15, 0.2) is 5.96 Å². The number of nitrogens with zero attached hydrogens (tertiary/aromatic N) is 3. The Balaban J connectivity index is 1.53. The van der Waals surface area contributed by atoms with Crippen LogP contribution >= 0.6 is 0 Å². The van der Waals surface area contributed by atoms with Crippen LogP contribution in [0.4, 0.5) is 0 Å². The largest absolute Gasteiger partial charge is 0.357 e. The molecule has 1 saturated heterocycles. The van der Waals surface area contributed by atoms with Crippen LogP contribution in [0.2, 0.25) is 0 Å². The quantitative estimate of drug-likeness (QED) is 0.432. The van der Waals surface area contributed by atoms with Crippen LogP contribution < -0.4 is 10.6 Å². The first-order chi connectivity index (χ1) is 16.0. The number of aryl methyl sites for hydroxylation is 1. The molecule has 2 aromatic carbocycles. The van der Waals surface area contributed by atoms with Crippen molar-refractivity contribution in [2.24, 2.45) is 10.9 Å². The molecule has 0 bridgehead atoms. The number of hydrogen-bond donors (Lipinski definition) is 2. The van der Waals surface area contributed by atoms with Gasteiger partial charge >= 0.3 is 0 Å². The molecule has 1 fully saturated rings. The van der Waals surface area contributed by atoms with Crippen molar-refractivity contribution in [1.82, 2.24) is 20.4 Å². The number of amides is 1. The van der Waals surface area contributed by atoms with E-state index < -0.39 is 0 Å². The van der Waals surface area contributed by atoms with Crippen LogP contribution in [0.1, 0.15) is 36.1 Å². The van der Waals surface area contributed by atoms with Crippen LogP contribution in [0.3, 0.4) is 0 Å². The molecule has 2 N–H and O–H groups in total. The van der Waals surface area contributed by atoms with Gasteiger partial charge in [-0.25, -0.2) is 0 Å². The first kappa shape index (κ1) is 24.8. The summed E-state index contributed by atoms with van der Waals surface area (Å²) in [5.41, 5.74) is 3.80. The van der Waals surface area contributed by atoms with E-state index in [9.17, 15) is 4.79 Å². The monoisotopic (exact) mass is 449 g/mol. The Bertz CT molecular complexity index is 894. The van der Waals surface area contributed by atoms with Gasteiger partial charge in [-0.15, -0.1) is 0 Å². The summed E-state index contributed by atoms with van der Waals surface area (Å²) in [6, 6.07) is 19.3. The predicted octanol–water partition coefficient (Wildman–Crippen LogP) is 3.24. The minimum Gasteiger partial charge on any atom is -0.357 e. The number of likely N-dealkylation sites (tertiary alicyclic amines) is 1. The molecule has 2 atom stereocenters. The molecule has 0 saturated carbocycles. The van der Waals surface area contributed by atoms with Gasteiger partial charge in [-0.3, -0.25) is 9.79 Å². The van der Waals surface area contributed by atoms with E-state index in [0.717, 1.165) is 38.6 Å². The fourth-order valence-electron chi connectivity index (χ4n) is 4.23. The molecule has 1 heterocycles. The van der Waals surface area contributed by atoms with Gasteiger partial charge in [-0.1, -0.05) is 60.2 Å². The third-order valence-corrected chi connectivity index (χ3v) is 6.22. The maximum Gasteiger partial charge on any atom is 0.223 e. The summed E-state index contributed by atoms with van der Waals surface area (Å²) in [4.78, 5) is 21.6.